The van der Waals surface area contributed by atoms with Gasteiger partial charge in [0.15, 0.2) is 0 Å². The molecule has 10 heteroatoms. The molecule has 1 amide bonds. The van der Waals surface area contributed by atoms with Crippen LogP contribution in [-0.2, 0) is 14.8 Å². The summed E-state index contributed by atoms with van der Waals surface area (Å²) in [5.41, 5.74) is 3.52. The van der Waals surface area contributed by atoms with Crippen LogP contribution in [0.4, 0.5) is 5.69 Å². The van der Waals surface area contributed by atoms with Crippen molar-refractivity contribution in [2.75, 3.05) is 18.4 Å². The highest BCUT2D eigenvalue weighted by Gasteiger charge is 2.33. The molecule has 0 radical (unpaired) electrons. The molecule has 1 saturated heterocycles. The number of tetrazole rings is 1. The fraction of sp³-hybridized carbons (Fsp3) is 0.333. The van der Waals surface area contributed by atoms with Crippen LogP contribution in [0.5, 0.6) is 0 Å². The average molecular weight is 441 g/mol. The predicted molar refractivity (Wildman–Crippen MR) is 115 cm³/mol. The molecule has 4 rings (SSSR count). The van der Waals surface area contributed by atoms with E-state index >= 15 is 0 Å². The van der Waals surface area contributed by atoms with Gasteiger partial charge in [-0.15, -0.1) is 5.10 Å². The molecule has 1 aliphatic rings. The molecule has 1 aromatic heterocycles. The quantitative estimate of drug-likeness (QED) is 0.652. The van der Waals surface area contributed by atoms with Crippen LogP contribution in [0.15, 0.2) is 53.7 Å². The molecule has 1 N–H and O–H groups in total. The van der Waals surface area contributed by atoms with Crippen molar-refractivity contribution in [1.82, 2.24) is 24.5 Å². The van der Waals surface area contributed by atoms with E-state index in [4.69, 9.17) is 0 Å². The highest BCUT2D eigenvalue weighted by Crippen LogP contribution is 2.26. The third-order valence-electron chi connectivity index (χ3n) is 5.33. The van der Waals surface area contributed by atoms with Crippen molar-refractivity contribution in [2.24, 2.45) is 5.92 Å². The number of amides is 1. The lowest BCUT2D eigenvalue weighted by Crippen LogP contribution is -2.43. The van der Waals surface area contributed by atoms with E-state index in [9.17, 15) is 13.2 Å². The number of aryl methyl sites for hydroxylation is 2. The van der Waals surface area contributed by atoms with Gasteiger partial charge in [0.2, 0.25) is 15.9 Å². The molecule has 3 aromatic rings. The lowest BCUT2D eigenvalue weighted by molar-refractivity contribution is -0.120. The first-order chi connectivity index (χ1) is 14.8. The summed E-state index contributed by atoms with van der Waals surface area (Å²) >= 11 is 0. The van der Waals surface area contributed by atoms with Crippen molar-refractivity contribution in [2.45, 2.75) is 31.6 Å². The Morgan fingerprint density at radius 3 is 2.45 bits per heavy atom. The van der Waals surface area contributed by atoms with Crippen LogP contribution in [0.2, 0.25) is 0 Å². The van der Waals surface area contributed by atoms with Crippen molar-refractivity contribution in [1.29, 1.82) is 0 Å². The van der Waals surface area contributed by atoms with Crippen molar-refractivity contribution in [3.05, 3.63) is 59.9 Å². The number of aromatic nitrogens is 4. The maximum atomic E-state index is 13.1. The molecule has 162 valence electrons. The van der Waals surface area contributed by atoms with Gasteiger partial charge in [0.1, 0.15) is 6.33 Å². The van der Waals surface area contributed by atoms with Gasteiger partial charge in [-0.25, -0.2) is 13.1 Å². The summed E-state index contributed by atoms with van der Waals surface area (Å²) in [6.45, 7) is 4.50. The van der Waals surface area contributed by atoms with E-state index in [-0.39, 0.29) is 17.3 Å². The van der Waals surface area contributed by atoms with Crippen LogP contribution in [0.3, 0.4) is 0 Å². The molecule has 0 spiro atoms. The Morgan fingerprint density at radius 2 is 1.81 bits per heavy atom. The van der Waals surface area contributed by atoms with Gasteiger partial charge in [0, 0.05) is 18.8 Å². The lowest BCUT2D eigenvalue weighted by atomic mass is 9.98. The number of hydrogen-bond acceptors (Lipinski definition) is 6. The zero-order valence-electron chi connectivity index (χ0n) is 17.4. The Morgan fingerprint density at radius 1 is 1.10 bits per heavy atom. The van der Waals surface area contributed by atoms with Crippen LogP contribution < -0.4 is 5.32 Å². The summed E-state index contributed by atoms with van der Waals surface area (Å²) < 4.78 is 29.1. The monoisotopic (exact) mass is 440 g/mol. The summed E-state index contributed by atoms with van der Waals surface area (Å²) in [4.78, 5) is 13.0. The number of sulfonamides is 1. The highest BCUT2D eigenvalue weighted by atomic mass is 32.2. The van der Waals surface area contributed by atoms with Gasteiger partial charge in [0.05, 0.1) is 16.5 Å². The minimum Gasteiger partial charge on any atom is -0.326 e. The minimum atomic E-state index is -3.71. The van der Waals surface area contributed by atoms with E-state index in [1.165, 1.54) is 27.4 Å². The van der Waals surface area contributed by atoms with Gasteiger partial charge in [-0.2, -0.15) is 4.31 Å². The number of benzene rings is 2. The van der Waals surface area contributed by atoms with E-state index in [1.54, 1.807) is 12.1 Å². The Hall–Kier alpha value is -3.11. The molecular formula is C21H24N6O3S. The number of nitrogens with zero attached hydrogens (tertiary/aromatic N) is 5. The summed E-state index contributed by atoms with van der Waals surface area (Å²) in [6.07, 6.45) is 2.72. The third-order valence-corrected chi connectivity index (χ3v) is 7.21. The number of hydrogen-bond donors (Lipinski definition) is 1. The molecule has 0 bridgehead atoms. The summed E-state index contributed by atoms with van der Waals surface area (Å²) in [5.74, 6) is -0.552. The number of carbonyl (C=O) groups excluding carboxylic acids is 1. The number of nitrogens with one attached hydrogen (secondary N) is 1. The second-order valence-corrected chi connectivity index (χ2v) is 9.75. The van der Waals surface area contributed by atoms with Gasteiger partial charge < -0.3 is 5.32 Å². The van der Waals surface area contributed by atoms with Crippen LogP contribution in [-0.4, -0.2) is 51.9 Å². The van der Waals surface area contributed by atoms with Gasteiger partial charge in [0.25, 0.3) is 0 Å². The molecule has 0 saturated carbocycles. The fourth-order valence-corrected chi connectivity index (χ4v) is 5.39. The molecule has 9 nitrogen and oxygen atoms in total. The topological polar surface area (TPSA) is 110 Å². The molecule has 2 heterocycles. The highest BCUT2D eigenvalue weighted by molar-refractivity contribution is 7.89. The Labute approximate surface area is 181 Å². The Bertz CT molecular complexity index is 1160. The van der Waals surface area contributed by atoms with Gasteiger partial charge >= 0.3 is 0 Å². The summed E-state index contributed by atoms with van der Waals surface area (Å²) in [7, 11) is -3.71. The second-order valence-electron chi connectivity index (χ2n) is 7.82. The largest absolute Gasteiger partial charge is 0.326 e. The number of anilines is 1. The number of rotatable bonds is 5. The smallest absolute Gasteiger partial charge is 0.243 e. The van der Waals surface area contributed by atoms with E-state index in [2.05, 4.69) is 20.8 Å². The Kier molecular flexibility index (Phi) is 5.84. The zero-order valence-corrected chi connectivity index (χ0v) is 18.2. The molecule has 2 aromatic carbocycles. The molecule has 0 aliphatic carbocycles. The van der Waals surface area contributed by atoms with Crippen LogP contribution in [0, 0.1) is 19.8 Å². The third kappa shape index (κ3) is 4.64. The first-order valence-electron chi connectivity index (χ1n) is 10.1. The summed E-state index contributed by atoms with van der Waals surface area (Å²) in [6, 6.07) is 12.2. The first kappa shape index (κ1) is 21.1. The standard InChI is InChI=1S/C21H24N6O3S/c1-15-10-16(2)12-18(11-15)23-21(28)17-4-3-9-26(13-17)31(29,30)20-7-5-19(6-8-20)27-14-22-24-25-27/h5-8,10-12,14,17H,3-4,9,13H2,1-2H3,(H,23,28)/t17-/m0/s1. The maximum Gasteiger partial charge on any atom is 0.243 e. The maximum absolute atomic E-state index is 13.1. The predicted octanol–water partition coefficient (Wildman–Crippen LogP) is 2.32. The molecule has 31 heavy (non-hydrogen) atoms. The van der Waals surface area contributed by atoms with E-state index in [1.807, 2.05) is 32.0 Å². The van der Waals surface area contributed by atoms with Crippen molar-refractivity contribution in [3.8, 4) is 5.69 Å². The summed E-state index contributed by atoms with van der Waals surface area (Å²) in [5, 5.41) is 13.9. The van der Waals surface area contributed by atoms with Crippen LogP contribution in [0.25, 0.3) is 5.69 Å². The minimum absolute atomic E-state index is 0.154. The van der Waals surface area contributed by atoms with Gasteiger partial charge in [-0.1, -0.05) is 6.07 Å². The second kappa shape index (κ2) is 8.56. The van der Waals surface area contributed by atoms with Gasteiger partial charge in [-0.05, 0) is 84.6 Å². The molecule has 1 atom stereocenters. The van der Waals surface area contributed by atoms with E-state index in [0.29, 0.717) is 25.1 Å². The molecular weight excluding hydrogens is 416 g/mol. The van der Waals surface area contributed by atoms with Crippen LogP contribution in [0.1, 0.15) is 24.0 Å². The van der Waals surface area contributed by atoms with Crippen molar-refractivity contribution >= 4 is 21.6 Å². The van der Waals surface area contributed by atoms with E-state index in [0.717, 1.165) is 16.8 Å². The first-order valence-corrected chi connectivity index (χ1v) is 11.5. The lowest BCUT2D eigenvalue weighted by Gasteiger charge is -2.31. The molecule has 1 aliphatic heterocycles. The Balaban J connectivity index is 1.47. The van der Waals surface area contributed by atoms with Crippen molar-refractivity contribution < 1.29 is 13.2 Å². The van der Waals surface area contributed by atoms with Crippen molar-refractivity contribution in [3.63, 3.8) is 0 Å². The normalized spacial score (nSPS) is 17.4. The van der Waals surface area contributed by atoms with Crippen LogP contribution >= 0.6 is 0 Å². The SMILES string of the molecule is Cc1cc(C)cc(NC(=O)[C@H]2CCCN(S(=O)(=O)c3ccc(-n4cnnn4)cc3)C2)c1. The number of piperidine rings is 1. The average Bonchev–Trinajstić information content (AvgIpc) is 3.28. The number of carbonyl (C=O) groups is 1. The fourth-order valence-electron chi connectivity index (χ4n) is 3.87. The van der Waals surface area contributed by atoms with E-state index < -0.39 is 15.9 Å². The molecule has 1 fully saturated rings. The van der Waals surface area contributed by atoms with Gasteiger partial charge in [-0.3, -0.25) is 4.79 Å². The molecule has 0 unspecified atom stereocenters. The zero-order chi connectivity index (χ0) is 22.0.